The van der Waals surface area contributed by atoms with Crippen molar-refractivity contribution >= 4 is 11.7 Å². The first-order chi connectivity index (χ1) is 8.08. The molecule has 0 fully saturated rings. The summed E-state index contributed by atoms with van der Waals surface area (Å²) in [5.41, 5.74) is 7.43. The van der Waals surface area contributed by atoms with Crippen LogP contribution in [0.5, 0.6) is 0 Å². The molecule has 0 aliphatic heterocycles. The second kappa shape index (κ2) is 5.69. The van der Waals surface area contributed by atoms with E-state index in [0.717, 1.165) is 5.69 Å². The summed E-state index contributed by atoms with van der Waals surface area (Å²) >= 11 is 0. The zero-order valence-corrected chi connectivity index (χ0v) is 9.63. The fourth-order valence-electron chi connectivity index (χ4n) is 1.42. The zero-order chi connectivity index (χ0) is 12.8. The lowest BCUT2D eigenvalue weighted by Crippen LogP contribution is -2.09. The number of aryl methyl sites for hydroxylation is 1. The molecule has 1 aromatic heterocycles. The summed E-state index contributed by atoms with van der Waals surface area (Å²) in [5.74, 6) is -0.907. The molecule has 1 rings (SSSR count). The van der Waals surface area contributed by atoms with E-state index in [2.05, 4.69) is 11.7 Å². The first kappa shape index (κ1) is 12.8. The number of aromatic nitrogens is 2. The number of hydrogen-bond acceptors (Lipinski definition) is 3. The number of carboxylic acids is 1. The Balaban J connectivity index is 3.14. The van der Waals surface area contributed by atoms with Gasteiger partial charge in [0, 0.05) is 6.20 Å². The molecule has 0 radical (unpaired) electrons. The molecular formula is C12H15N3O2. The molecule has 0 unspecified atom stereocenters. The van der Waals surface area contributed by atoms with Gasteiger partial charge in [0.15, 0.2) is 0 Å². The topological polar surface area (TPSA) is 81.1 Å². The lowest BCUT2D eigenvalue weighted by molar-refractivity contribution is -0.136. The van der Waals surface area contributed by atoms with Crippen LogP contribution in [0.15, 0.2) is 37.1 Å². The Morgan fingerprint density at radius 3 is 2.94 bits per heavy atom. The van der Waals surface area contributed by atoms with Crippen LogP contribution in [0.2, 0.25) is 0 Å². The van der Waals surface area contributed by atoms with E-state index in [0.29, 0.717) is 11.4 Å². The van der Waals surface area contributed by atoms with Crippen LogP contribution in [-0.2, 0) is 11.2 Å². The Morgan fingerprint density at radius 1 is 1.71 bits per heavy atom. The first-order valence-electron chi connectivity index (χ1n) is 5.07. The quantitative estimate of drug-likeness (QED) is 0.751. The standard InChI is InChI=1S/C12H15N3O2/c1-3-4-5-10(8-13)15-11(7-12(16)17)6-9(2)14-15/h3-6,8H,1,7,13H2,2H3,(H,16,17)/b5-4-,10-8+. The smallest absolute Gasteiger partial charge is 0.309 e. The van der Waals surface area contributed by atoms with Crippen LogP contribution in [0.1, 0.15) is 11.4 Å². The lowest BCUT2D eigenvalue weighted by Gasteiger charge is -2.05. The van der Waals surface area contributed by atoms with Crippen molar-refractivity contribution in [2.75, 3.05) is 0 Å². The predicted molar refractivity (Wildman–Crippen MR) is 66.1 cm³/mol. The van der Waals surface area contributed by atoms with Gasteiger partial charge in [0.05, 0.1) is 23.5 Å². The SMILES string of the molecule is C=C/C=C\C(=C/N)n1nc(C)cc1CC(=O)O. The Bertz CT molecular complexity index is 484. The largest absolute Gasteiger partial charge is 0.481 e. The predicted octanol–water partition coefficient (Wildman–Crippen LogP) is 1.32. The monoisotopic (exact) mass is 233 g/mol. The molecule has 0 saturated heterocycles. The van der Waals surface area contributed by atoms with Gasteiger partial charge in [0.1, 0.15) is 0 Å². The molecule has 0 aliphatic rings. The maximum atomic E-state index is 10.7. The summed E-state index contributed by atoms with van der Waals surface area (Å²) in [6.07, 6.45) is 6.31. The second-order valence-corrected chi connectivity index (χ2v) is 3.45. The second-order valence-electron chi connectivity index (χ2n) is 3.45. The third kappa shape index (κ3) is 3.34. The summed E-state index contributed by atoms with van der Waals surface area (Å²) in [6, 6.07) is 1.72. The molecule has 5 nitrogen and oxygen atoms in total. The van der Waals surface area contributed by atoms with E-state index >= 15 is 0 Å². The van der Waals surface area contributed by atoms with Crippen molar-refractivity contribution in [1.82, 2.24) is 9.78 Å². The minimum Gasteiger partial charge on any atom is -0.481 e. The third-order valence-electron chi connectivity index (χ3n) is 2.06. The van der Waals surface area contributed by atoms with Gasteiger partial charge in [0.25, 0.3) is 0 Å². The molecule has 90 valence electrons. The third-order valence-corrected chi connectivity index (χ3v) is 2.06. The van der Waals surface area contributed by atoms with Gasteiger partial charge in [-0.25, -0.2) is 4.68 Å². The van der Waals surface area contributed by atoms with Crippen LogP contribution in [0.4, 0.5) is 0 Å². The average Bonchev–Trinajstić information content (AvgIpc) is 2.60. The van der Waals surface area contributed by atoms with Gasteiger partial charge in [-0.1, -0.05) is 18.7 Å². The van der Waals surface area contributed by atoms with Gasteiger partial charge in [-0.3, -0.25) is 4.79 Å². The molecule has 0 atom stereocenters. The lowest BCUT2D eigenvalue weighted by atomic mass is 10.2. The van der Waals surface area contributed by atoms with E-state index in [-0.39, 0.29) is 6.42 Å². The summed E-state index contributed by atoms with van der Waals surface area (Å²) in [4.78, 5) is 10.7. The molecule has 1 aromatic rings. The number of nitrogens with zero attached hydrogens (tertiary/aromatic N) is 2. The molecule has 0 amide bonds. The molecule has 17 heavy (non-hydrogen) atoms. The van der Waals surface area contributed by atoms with Crippen molar-refractivity contribution in [3.05, 3.63) is 48.5 Å². The minimum absolute atomic E-state index is 0.0971. The number of rotatable bonds is 5. The number of carbonyl (C=O) groups is 1. The summed E-state index contributed by atoms with van der Waals surface area (Å²) in [7, 11) is 0. The number of aliphatic carboxylic acids is 1. The van der Waals surface area contributed by atoms with E-state index in [1.54, 1.807) is 31.2 Å². The van der Waals surface area contributed by atoms with E-state index < -0.39 is 5.97 Å². The molecule has 0 spiro atoms. The number of nitrogens with two attached hydrogens (primary N) is 1. The van der Waals surface area contributed by atoms with Crippen LogP contribution in [0.25, 0.3) is 5.70 Å². The van der Waals surface area contributed by atoms with Crippen molar-refractivity contribution in [2.45, 2.75) is 13.3 Å². The van der Waals surface area contributed by atoms with E-state index in [9.17, 15) is 4.79 Å². The molecule has 1 heterocycles. The molecule has 0 aliphatic carbocycles. The van der Waals surface area contributed by atoms with Crippen molar-refractivity contribution < 1.29 is 9.90 Å². The average molecular weight is 233 g/mol. The van der Waals surface area contributed by atoms with Crippen molar-refractivity contribution in [3.8, 4) is 0 Å². The van der Waals surface area contributed by atoms with Crippen LogP contribution >= 0.6 is 0 Å². The van der Waals surface area contributed by atoms with E-state index in [4.69, 9.17) is 10.8 Å². The summed E-state index contributed by atoms with van der Waals surface area (Å²) < 4.78 is 1.52. The molecule has 3 N–H and O–H groups in total. The van der Waals surface area contributed by atoms with Crippen molar-refractivity contribution in [3.63, 3.8) is 0 Å². The highest BCUT2D eigenvalue weighted by Gasteiger charge is 2.11. The van der Waals surface area contributed by atoms with Crippen LogP contribution < -0.4 is 5.73 Å². The Hall–Kier alpha value is -2.30. The Kier molecular flexibility index (Phi) is 4.28. The van der Waals surface area contributed by atoms with Crippen LogP contribution in [0.3, 0.4) is 0 Å². The fraction of sp³-hybridized carbons (Fsp3) is 0.167. The zero-order valence-electron chi connectivity index (χ0n) is 9.63. The fourth-order valence-corrected chi connectivity index (χ4v) is 1.42. The molecule has 0 saturated carbocycles. The highest BCUT2D eigenvalue weighted by atomic mass is 16.4. The van der Waals surface area contributed by atoms with Gasteiger partial charge in [0.2, 0.25) is 0 Å². The molecule has 0 aromatic carbocycles. The molecular weight excluding hydrogens is 218 g/mol. The first-order valence-corrected chi connectivity index (χ1v) is 5.07. The minimum atomic E-state index is -0.907. The van der Waals surface area contributed by atoms with Gasteiger partial charge in [-0.15, -0.1) is 0 Å². The van der Waals surface area contributed by atoms with Crippen LogP contribution in [-0.4, -0.2) is 20.9 Å². The number of hydrogen-bond donors (Lipinski definition) is 2. The van der Waals surface area contributed by atoms with Gasteiger partial charge >= 0.3 is 5.97 Å². The maximum Gasteiger partial charge on any atom is 0.309 e. The number of carboxylic acid groups (broad SMARTS) is 1. The summed E-state index contributed by atoms with van der Waals surface area (Å²) in [6.45, 7) is 5.36. The highest BCUT2D eigenvalue weighted by Crippen LogP contribution is 2.12. The van der Waals surface area contributed by atoms with Crippen LogP contribution in [0, 0.1) is 6.92 Å². The maximum absolute atomic E-state index is 10.7. The van der Waals surface area contributed by atoms with E-state index in [1.165, 1.54) is 10.9 Å². The van der Waals surface area contributed by atoms with Crippen molar-refractivity contribution in [1.29, 1.82) is 0 Å². The van der Waals surface area contributed by atoms with Crippen molar-refractivity contribution in [2.24, 2.45) is 5.73 Å². The molecule has 5 heteroatoms. The van der Waals surface area contributed by atoms with Gasteiger partial charge in [-0.05, 0) is 19.1 Å². The van der Waals surface area contributed by atoms with E-state index in [1.807, 2.05) is 0 Å². The highest BCUT2D eigenvalue weighted by molar-refractivity contribution is 5.70. The van der Waals surface area contributed by atoms with Gasteiger partial charge < -0.3 is 10.8 Å². The Labute approximate surface area is 99.5 Å². The summed E-state index contributed by atoms with van der Waals surface area (Å²) in [5, 5.41) is 13.0. The molecule has 0 bridgehead atoms. The normalized spacial score (nSPS) is 11.9. The Morgan fingerprint density at radius 2 is 2.41 bits per heavy atom. The number of allylic oxidation sites excluding steroid dienone is 4. The van der Waals surface area contributed by atoms with Gasteiger partial charge in [-0.2, -0.15) is 5.10 Å².